The molecule has 0 radical (unpaired) electrons. The molecule has 7 nitrogen and oxygen atoms in total. The second-order valence-electron chi connectivity index (χ2n) is 6.60. The van der Waals surface area contributed by atoms with Crippen LogP contribution >= 0.6 is 0 Å². The number of carbonyl (C=O) groups is 1. The zero-order valence-electron chi connectivity index (χ0n) is 16.6. The molecule has 0 aliphatic heterocycles. The van der Waals surface area contributed by atoms with Gasteiger partial charge in [-0.25, -0.2) is 0 Å². The minimum atomic E-state index is -0.0496. The molecule has 0 saturated heterocycles. The number of para-hydroxylation sites is 1. The lowest BCUT2D eigenvalue weighted by molar-refractivity contribution is -0.120. The van der Waals surface area contributed by atoms with Crippen molar-refractivity contribution in [2.75, 3.05) is 27.2 Å². The molecule has 1 aromatic carbocycles. The van der Waals surface area contributed by atoms with Gasteiger partial charge in [0.15, 0.2) is 17.5 Å². The highest BCUT2D eigenvalue weighted by Gasteiger charge is 2.20. The van der Waals surface area contributed by atoms with Gasteiger partial charge in [-0.3, -0.25) is 9.79 Å². The van der Waals surface area contributed by atoms with Gasteiger partial charge in [-0.2, -0.15) is 0 Å². The zero-order chi connectivity index (χ0) is 19.5. The number of hydrogen-bond acceptors (Lipinski definition) is 4. The van der Waals surface area contributed by atoms with E-state index in [1.54, 1.807) is 14.2 Å². The highest BCUT2D eigenvalue weighted by molar-refractivity contribution is 5.86. The summed E-state index contributed by atoms with van der Waals surface area (Å²) in [6.45, 7) is 3.41. The number of benzene rings is 1. The van der Waals surface area contributed by atoms with E-state index < -0.39 is 0 Å². The molecule has 0 bridgehead atoms. The third-order valence-electron chi connectivity index (χ3n) is 4.53. The highest BCUT2D eigenvalue weighted by Crippen LogP contribution is 2.34. The van der Waals surface area contributed by atoms with Gasteiger partial charge in [0.05, 0.1) is 19.8 Å². The molecule has 1 saturated carbocycles. The number of hydrogen-bond donors (Lipinski definition) is 3. The smallest absolute Gasteiger partial charge is 0.239 e. The van der Waals surface area contributed by atoms with E-state index >= 15 is 0 Å². The number of ether oxygens (including phenoxy) is 2. The van der Waals surface area contributed by atoms with Gasteiger partial charge in [0.2, 0.25) is 5.91 Å². The molecule has 1 amide bonds. The Hall–Kier alpha value is -2.44. The van der Waals surface area contributed by atoms with Crippen molar-refractivity contribution in [1.82, 2.24) is 16.0 Å². The van der Waals surface area contributed by atoms with Crippen LogP contribution in [0.3, 0.4) is 0 Å². The predicted octanol–water partition coefficient (Wildman–Crippen LogP) is 2.21. The lowest BCUT2D eigenvalue weighted by atomic mass is 10.1. The van der Waals surface area contributed by atoms with Crippen LogP contribution in [0.25, 0.3) is 0 Å². The third kappa shape index (κ3) is 6.66. The molecule has 1 aromatic rings. The maximum atomic E-state index is 11.7. The molecule has 1 fully saturated rings. The first-order valence-corrected chi connectivity index (χ1v) is 9.71. The van der Waals surface area contributed by atoms with Crippen molar-refractivity contribution < 1.29 is 14.3 Å². The first-order valence-electron chi connectivity index (χ1n) is 9.71. The number of amides is 1. The summed E-state index contributed by atoms with van der Waals surface area (Å²) in [4.78, 5) is 15.9. The summed E-state index contributed by atoms with van der Waals surface area (Å²) in [6.07, 6.45) is 5.76. The molecule has 0 atom stereocenters. The van der Waals surface area contributed by atoms with Crippen molar-refractivity contribution in [3.63, 3.8) is 0 Å². The van der Waals surface area contributed by atoms with Crippen LogP contribution in [-0.4, -0.2) is 45.2 Å². The Morgan fingerprint density at radius 1 is 1.22 bits per heavy atom. The number of nitrogens with one attached hydrogen (secondary N) is 3. The van der Waals surface area contributed by atoms with Crippen LogP contribution < -0.4 is 25.4 Å². The van der Waals surface area contributed by atoms with E-state index in [4.69, 9.17) is 9.47 Å². The lowest BCUT2D eigenvalue weighted by Gasteiger charge is -2.20. The Bertz CT molecular complexity index is 628. The molecule has 7 heteroatoms. The summed E-state index contributed by atoms with van der Waals surface area (Å²) >= 11 is 0. The Morgan fingerprint density at radius 3 is 2.67 bits per heavy atom. The van der Waals surface area contributed by atoms with Gasteiger partial charge in [-0.15, -0.1) is 0 Å². The fourth-order valence-corrected chi connectivity index (χ4v) is 3.06. The predicted molar refractivity (Wildman–Crippen MR) is 107 cm³/mol. The molecular formula is C20H32N4O3. The Morgan fingerprint density at radius 2 is 2.00 bits per heavy atom. The van der Waals surface area contributed by atoms with Gasteiger partial charge >= 0.3 is 0 Å². The third-order valence-corrected chi connectivity index (χ3v) is 4.53. The number of carbonyl (C=O) groups excluding carboxylic acids is 1. The van der Waals surface area contributed by atoms with Crippen LogP contribution in [0.15, 0.2) is 23.2 Å². The molecule has 150 valence electrons. The fraction of sp³-hybridized carbons (Fsp3) is 0.600. The minimum absolute atomic E-state index is 0.0496. The van der Waals surface area contributed by atoms with E-state index in [1.807, 2.05) is 25.1 Å². The summed E-state index contributed by atoms with van der Waals surface area (Å²) in [7, 11) is 3.34. The SMILES string of the molecule is CCCNC(=O)CNC(=NC)NCc1cccc(OC)c1OC1CCCC1. The maximum absolute atomic E-state index is 11.7. The van der Waals surface area contributed by atoms with Crippen LogP contribution in [0.1, 0.15) is 44.6 Å². The molecule has 3 N–H and O–H groups in total. The molecule has 0 spiro atoms. The molecule has 1 aliphatic rings. The minimum Gasteiger partial charge on any atom is -0.493 e. The van der Waals surface area contributed by atoms with Gasteiger partial charge in [0.1, 0.15) is 0 Å². The molecule has 0 unspecified atom stereocenters. The van der Waals surface area contributed by atoms with E-state index in [-0.39, 0.29) is 18.6 Å². The van der Waals surface area contributed by atoms with Gasteiger partial charge < -0.3 is 25.4 Å². The number of methoxy groups -OCH3 is 1. The average Bonchev–Trinajstić information content (AvgIpc) is 3.20. The Kier molecular flexibility index (Phi) is 8.74. The van der Waals surface area contributed by atoms with Gasteiger partial charge in [-0.05, 0) is 38.2 Å². The average molecular weight is 377 g/mol. The maximum Gasteiger partial charge on any atom is 0.239 e. The molecule has 27 heavy (non-hydrogen) atoms. The first-order chi connectivity index (χ1) is 13.2. The number of rotatable bonds is 9. The Balaban J connectivity index is 1.95. The van der Waals surface area contributed by atoms with E-state index in [0.29, 0.717) is 19.0 Å². The fourth-order valence-electron chi connectivity index (χ4n) is 3.06. The van der Waals surface area contributed by atoms with Crippen LogP contribution in [0.5, 0.6) is 11.5 Å². The topological polar surface area (TPSA) is 84.0 Å². The quantitative estimate of drug-likeness (QED) is 0.455. The number of aliphatic imine (C=N–C) groups is 1. The van der Waals surface area contributed by atoms with E-state index in [1.165, 1.54) is 12.8 Å². The summed E-state index contributed by atoms with van der Waals surface area (Å²) < 4.78 is 11.7. The second-order valence-corrected chi connectivity index (χ2v) is 6.60. The van der Waals surface area contributed by atoms with Crippen LogP contribution in [0, 0.1) is 0 Å². The Labute approximate surface area is 161 Å². The monoisotopic (exact) mass is 376 g/mol. The second kappa shape index (κ2) is 11.3. The summed E-state index contributed by atoms with van der Waals surface area (Å²) in [6, 6.07) is 5.88. The highest BCUT2D eigenvalue weighted by atomic mass is 16.5. The van der Waals surface area contributed by atoms with Crippen LogP contribution in [0.2, 0.25) is 0 Å². The molecule has 1 aliphatic carbocycles. The van der Waals surface area contributed by atoms with Crippen molar-refractivity contribution >= 4 is 11.9 Å². The van der Waals surface area contributed by atoms with E-state index in [9.17, 15) is 4.79 Å². The van der Waals surface area contributed by atoms with Crippen molar-refractivity contribution in [2.45, 2.75) is 51.7 Å². The number of nitrogens with zero attached hydrogens (tertiary/aromatic N) is 1. The summed E-state index contributed by atoms with van der Waals surface area (Å²) in [5, 5.41) is 9.09. The number of guanidine groups is 1. The largest absolute Gasteiger partial charge is 0.493 e. The van der Waals surface area contributed by atoms with Crippen LogP contribution in [-0.2, 0) is 11.3 Å². The normalized spacial score (nSPS) is 14.7. The molecular weight excluding hydrogens is 344 g/mol. The summed E-state index contributed by atoms with van der Waals surface area (Å²) in [5.41, 5.74) is 1.000. The van der Waals surface area contributed by atoms with Crippen molar-refractivity contribution in [1.29, 1.82) is 0 Å². The lowest BCUT2D eigenvalue weighted by Crippen LogP contribution is -2.43. The van der Waals surface area contributed by atoms with Gasteiger partial charge in [-0.1, -0.05) is 19.1 Å². The van der Waals surface area contributed by atoms with Crippen molar-refractivity contribution in [2.24, 2.45) is 4.99 Å². The molecule has 0 aromatic heterocycles. The van der Waals surface area contributed by atoms with Crippen LogP contribution in [0.4, 0.5) is 0 Å². The van der Waals surface area contributed by atoms with E-state index in [2.05, 4.69) is 20.9 Å². The van der Waals surface area contributed by atoms with Gasteiger partial charge in [0.25, 0.3) is 0 Å². The standard InChI is InChI=1S/C20H32N4O3/c1-4-12-22-18(25)14-24-20(21-2)23-13-15-8-7-11-17(26-3)19(15)27-16-9-5-6-10-16/h7-8,11,16H,4-6,9-10,12-14H2,1-3H3,(H,22,25)(H2,21,23,24). The van der Waals surface area contributed by atoms with E-state index in [0.717, 1.165) is 36.3 Å². The zero-order valence-corrected chi connectivity index (χ0v) is 16.6. The van der Waals surface area contributed by atoms with Crippen molar-refractivity contribution in [3.8, 4) is 11.5 Å². The summed E-state index contributed by atoms with van der Waals surface area (Å²) in [5.74, 6) is 2.04. The molecule has 2 rings (SSSR count). The van der Waals surface area contributed by atoms with Crippen molar-refractivity contribution in [3.05, 3.63) is 23.8 Å². The molecule has 0 heterocycles. The first kappa shape index (κ1) is 20.9. The van der Waals surface area contributed by atoms with Gasteiger partial charge in [0, 0.05) is 25.7 Å².